The maximum absolute atomic E-state index is 12.5. The van der Waals surface area contributed by atoms with Gasteiger partial charge in [0.1, 0.15) is 5.69 Å². The molecule has 1 aromatic rings. The van der Waals surface area contributed by atoms with Crippen molar-refractivity contribution in [3.63, 3.8) is 0 Å². The highest BCUT2D eigenvalue weighted by Gasteiger charge is 2.26. The Bertz CT molecular complexity index is 643. The van der Waals surface area contributed by atoms with Gasteiger partial charge in [-0.2, -0.15) is 0 Å². The highest BCUT2D eigenvalue weighted by atomic mass is 16.6. The van der Waals surface area contributed by atoms with E-state index in [4.69, 9.17) is 4.74 Å². The number of carbonyl (C=O) groups excluding carboxylic acids is 3. The molecule has 132 valence electrons. The van der Waals surface area contributed by atoms with Gasteiger partial charge in [-0.15, -0.1) is 0 Å². The standard InChI is InChI=1S/C17H25N3O4/c1-5-24-17(23)20-8-6-13(7-9-20)19-16(22)15-10(2)14(12(4)21)11(3)18-15/h13,18H,5-9H2,1-4H3,(H,19,22). The first-order valence-electron chi connectivity index (χ1n) is 8.27. The van der Waals surface area contributed by atoms with E-state index in [-0.39, 0.29) is 23.8 Å². The van der Waals surface area contributed by atoms with Crippen LogP contribution in [0, 0.1) is 13.8 Å². The van der Waals surface area contributed by atoms with Crippen LogP contribution in [0.15, 0.2) is 0 Å². The van der Waals surface area contributed by atoms with Gasteiger partial charge in [-0.1, -0.05) is 0 Å². The third-order valence-corrected chi connectivity index (χ3v) is 4.37. The summed E-state index contributed by atoms with van der Waals surface area (Å²) in [5, 5.41) is 2.99. The number of ether oxygens (including phenoxy) is 1. The van der Waals surface area contributed by atoms with Crippen LogP contribution in [0.3, 0.4) is 0 Å². The molecule has 0 spiro atoms. The van der Waals surface area contributed by atoms with Crippen molar-refractivity contribution in [2.75, 3.05) is 19.7 Å². The van der Waals surface area contributed by atoms with Crippen LogP contribution in [0.2, 0.25) is 0 Å². The lowest BCUT2D eigenvalue weighted by Gasteiger charge is -2.31. The number of carbonyl (C=O) groups is 3. The van der Waals surface area contributed by atoms with Gasteiger partial charge in [-0.3, -0.25) is 9.59 Å². The van der Waals surface area contributed by atoms with Crippen molar-refractivity contribution in [2.24, 2.45) is 0 Å². The summed E-state index contributed by atoms with van der Waals surface area (Å²) in [6.07, 6.45) is 1.07. The van der Waals surface area contributed by atoms with E-state index in [0.29, 0.717) is 55.1 Å². The van der Waals surface area contributed by atoms with E-state index in [1.54, 1.807) is 25.7 Å². The van der Waals surface area contributed by atoms with Gasteiger partial charge in [0, 0.05) is 30.4 Å². The summed E-state index contributed by atoms with van der Waals surface area (Å²) in [6.45, 7) is 8.32. The van der Waals surface area contributed by atoms with Crippen LogP contribution in [0.25, 0.3) is 0 Å². The Kier molecular flexibility index (Phi) is 5.64. The molecule has 2 heterocycles. The number of ketones is 1. The predicted molar refractivity (Wildman–Crippen MR) is 89.4 cm³/mol. The first kappa shape index (κ1) is 18.0. The van der Waals surface area contributed by atoms with Gasteiger partial charge in [0.2, 0.25) is 0 Å². The highest BCUT2D eigenvalue weighted by molar-refractivity contribution is 6.02. The average molecular weight is 335 g/mol. The van der Waals surface area contributed by atoms with Gasteiger partial charge >= 0.3 is 6.09 Å². The van der Waals surface area contributed by atoms with E-state index in [9.17, 15) is 14.4 Å². The average Bonchev–Trinajstić information content (AvgIpc) is 2.83. The molecule has 1 aliphatic rings. The Hall–Kier alpha value is -2.31. The zero-order valence-corrected chi connectivity index (χ0v) is 14.7. The Morgan fingerprint density at radius 2 is 1.88 bits per heavy atom. The van der Waals surface area contributed by atoms with Gasteiger partial charge in [-0.05, 0) is 46.1 Å². The Morgan fingerprint density at radius 3 is 2.38 bits per heavy atom. The number of piperidine rings is 1. The molecule has 0 saturated carbocycles. The van der Waals surface area contributed by atoms with E-state index >= 15 is 0 Å². The molecule has 2 N–H and O–H groups in total. The van der Waals surface area contributed by atoms with E-state index in [1.165, 1.54) is 6.92 Å². The number of nitrogens with zero attached hydrogens (tertiary/aromatic N) is 1. The second kappa shape index (κ2) is 7.51. The molecule has 1 fully saturated rings. The lowest BCUT2D eigenvalue weighted by atomic mass is 10.0. The molecule has 1 aromatic heterocycles. The molecule has 0 aromatic carbocycles. The Labute approximate surface area is 141 Å². The fourth-order valence-electron chi connectivity index (χ4n) is 3.18. The zero-order valence-electron chi connectivity index (χ0n) is 14.7. The number of aromatic amines is 1. The van der Waals surface area contributed by atoms with Crippen molar-refractivity contribution >= 4 is 17.8 Å². The van der Waals surface area contributed by atoms with E-state index < -0.39 is 0 Å². The fraction of sp³-hybridized carbons (Fsp3) is 0.588. The highest BCUT2D eigenvalue weighted by Crippen LogP contribution is 2.19. The van der Waals surface area contributed by atoms with E-state index in [1.807, 2.05) is 0 Å². The maximum Gasteiger partial charge on any atom is 0.409 e. The summed E-state index contributed by atoms with van der Waals surface area (Å²) in [4.78, 5) is 40.5. The molecule has 1 aliphatic heterocycles. The molecule has 0 aliphatic carbocycles. The Balaban J connectivity index is 1.96. The van der Waals surface area contributed by atoms with Crippen molar-refractivity contribution in [2.45, 2.75) is 46.6 Å². The number of nitrogens with one attached hydrogen (secondary N) is 2. The smallest absolute Gasteiger partial charge is 0.409 e. The number of rotatable bonds is 4. The van der Waals surface area contributed by atoms with Gasteiger partial charge in [0.25, 0.3) is 5.91 Å². The number of aryl methyl sites for hydroxylation is 1. The summed E-state index contributed by atoms with van der Waals surface area (Å²) < 4.78 is 4.98. The second-order valence-electron chi connectivity index (χ2n) is 6.11. The molecule has 2 rings (SSSR count). The number of amides is 2. The minimum absolute atomic E-state index is 0.00645. The van der Waals surface area contributed by atoms with E-state index in [0.717, 1.165) is 0 Å². The van der Waals surface area contributed by atoms with E-state index in [2.05, 4.69) is 10.3 Å². The monoisotopic (exact) mass is 335 g/mol. The normalized spacial score (nSPS) is 15.2. The van der Waals surface area contributed by atoms with Crippen molar-refractivity contribution in [1.29, 1.82) is 0 Å². The summed E-state index contributed by atoms with van der Waals surface area (Å²) in [5.74, 6) is -0.263. The van der Waals surface area contributed by atoms with Crippen molar-refractivity contribution in [3.05, 3.63) is 22.5 Å². The predicted octanol–water partition coefficient (Wildman–Crippen LogP) is 2.18. The minimum Gasteiger partial charge on any atom is -0.450 e. The number of aromatic nitrogens is 1. The molecule has 7 heteroatoms. The molecule has 0 radical (unpaired) electrons. The van der Waals surface area contributed by atoms with Crippen molar-refractivity contribution in [3.8, 4) is 0 Å². The van der Waals surface area contributed by atoms with Crippen LogP contribution < -0.4 is 5.32 Å². The third kappa shape index (κ3) is 3.77. The molecule has 7 nitrogen and oxygen atoms in total. The minimum atomic E-state index is -0.302. The van der Waals surface area contributed by atoms with Crippen LogP contribution in [0.4, 0.5) is 4.79 Å². The van der Waals surface area contributed by atoms with Crippen LogP contribution in [0.1, 0.15) is 58.8 Å². The van der Waals surface area contributed by atoms with Crippen LogP contribution in [0.5, 0.6) is 0 Å². The lowest BCUT2D eigenvalue weighted by Crippen LogP contribution is -2.46. The molecular weight excluding hydrogens is 310 g/mol. The Morgan fingerprint density at radius 1 is 1.25 bits per heavy atom. The molecule has 2 amide bonds. The van der Waals surface area contributed by atoms with Gasteiger partial charge in [-0.25, -0.2) is 4.79 Å². The molecule has 1 saturated heterocycles. The number of Topliss-reactive ketones (excluding diaryl/α,β-unsaturated/α-hetero) is 1. The summed E-state index contributed by atoms with van der Waals surface area (Å²) in [7, 11) is 0. The first-order chi connectivity index (χ1) is 11.3. The molecule has 0 bridgehead atoms. The molecule has 0 atom stereocenters. The van der Waals surface area contributed by atoms with Crippen LogP contribution >= 0.6 is 0 Å². The quantitative estimate of drug-likeness (QED) is 0.825. The van der Waals surface area contributed by atoms with Crippen molar-refractivity contribution < 1.29 is 19.1 Å². The number of H-pyrrole nitrogens is 1. The second-order valence-corrected chi connectivity index (χ2v) is 6.11. The summed E-state index contributed by atoms with van der Waals surface area (Å²) in [5.41, 5.74) is 2.41. The number of hydrogen-bond acceptors (Lipinski definition) is 4. The van der Waals surface area contributed by atoms with Crippen LogP contribution in [-0.4, -0.2) is 53.4 Å². The maximum atomic E-state index is 12.5. The summed E-state index contributed by atoms with van der Waals surface area (Å²) >= 11 is 0. The SMILES string of the molecule is CCOC(=O)N1CCC(NC(=O)c2[nH]c(C)c(C(C)=O)c2C)CC1. The molecule has 24 heavy (non-hydrogen) atoms. The summed E-state index contributed by atoms with van der Waals surface area (Å²) in [6, 6.07) is 0.00645. The van der Waals surface area contributed by atoms with Gasteiger partial charge in [0.05, 0.1) is 6.61 Å². The zero-order chi connectivity index (χ0) is 17.9. The van der Waals surface area contributed by atoms with Gasteiger partial charge in [0.15, 0.2) is 5.78 Å². The third-order valence-electron chi connectivity index (χ3n) is 4.37. The lowest BCUT2D eigenvalue weighted by molar-refractivity contribution is 0.0856. The number of likely N-dealkylation sites (tertiary alicyclic amines) is 1. The van der Waals surface area contributed by atoms with Crippen molar-refractivity contribution in [1.82, 2.24) is 15.2 Å². The fourth-order valence-corrected chi connectivity index (χ4v) is 3.18. The number of hydrogen-bond donors (Lipinski definition) is 2. The van der Waals surface area contributed by atoms with Crippen LogP contribution in [-0.2, 0) is 4.74 Å². The molecular formula is C17H25N3O4. The largest absolute Gasteiger partial charge is 0.450 e. The topological polar surface area (TPSA) is 91.5 Å². The molecule has 0 unspecified atom stereocenters. The van der Waals surface area contributed by atoms with Gasteiger partial charge < -0.3 is 19.9 Å². The first-order valence-corrected chi connectivity index (χ1v) is 8.27.